The van der Waals surface area contributed by atoms with E-state index in [-0.39, 0.29) is 24.4 Å². The number of halogens is 2. The molecule has 2 N–H and O–H groups in total. The third-order valence-electron chi connectivity index (χ3n) is 4.05. The lowest BCUT2D eigenvalue weighted by Gasteiger charge is -2.18. The maximum absolute atomic E-state index is 12.2. The summed E-state index contributed by atoms with van der Waals surface area (Å²) in [5.74, 6) is -0.0356. The Morgan fingerprint density at radius 2 is 1.80 bits per heavy atom. The second-order valence-corrected chi connectivity index (χ2v) is 6.81. The topological polar surface area (TPSA) is 61.4 Å². The first-order valence-electron chi connectivity index (χ1n) is 7.82. The molecule has 0 bridgehead atoms. The molecule has 25 heavy (non-hydrogen) atoms. The number of anilines is 2. The van der Waals surface area contributed by atoms with Crippen LogP contribution in [0.3, 0.4) is 0 Å². The Balaban J connectivity index is 1.62. The number of aryl methyl sites for hydroxylation is 1. The van der Waals surface area contributed by atoms with E-state index in [0.717, 1.165) is 11.3 Å². The molecule has 3 amide bonds. The SMILES string of the molecule is Cc1ccc(Cl)cc1NC(=O)N[C@H]1CC(=O)N(c2ccc(Cl)cc2)C1. The molecule has 0 unspecified atom stereocenters. The lowest BCUT2D eigenvalue weighted by Crippen LogP contribution is -2.39. The standard InChI is InChI=1S/C18H17Cl2N3O2/c1-11-2-3-13(20)8-16(11)22-18(25)21-14-9-17(24)23(10-14)15-6-4-12(19)5-7-15/h2-8,14H,9-10H2,1H3,(H2,21,22,25)/t14-/m0/s1. The zero-order valence-electron chi connectivity index (χ0n) is 13.6. The van der Waals surface area contributed by atoms with Gasteiger partial charge >= 0.3 is 6.03 Å². The predicted molar refractivity (Wildman–Crippen MR) is 101 cm³/mol. The van der Waals surface area contributed by atoms with Gasteiger partial charge < -0.3 is 15.5 Å². The van der Waals surface area contributed by atoms with Gasteiger partial charge in [0.05, 0.1) is 6.04 Å². The summed E-state index contributed by atoms with van der Waals surface area (Å²) in [6.45, 7) is 2.30. The number of benzene rings is 2. The lowest BCUT2D eigenvalue weighted by molar-refractivity contribution is -0.117. The molecular formula is C18H17Cl2N3O2. The molecule has 0 spiro atoms. The third kappa shape index (κ3) is 4.24. The number of rotatable bonds is 3. The van der Waals surface area contributed by atoms with Crippen LogP contribution >= 0.6 is 23.2 Å². The Morgan fingerprint density at radius 3 is 2.52 bits per heavy atom. The van der Waals surface area contributed by atoms with Crippen LogP contribution in [0.25, 0.3) is 0 Å². The highest BCUT2D eigenvalue weighted by molar-refractivity contribution is 6.31. The van der Waals surface area contributed by atoms with Gasteiger partial charge in [0.25, 0.3) is 0 Å². The average molecular weight is 378 g/mol. The summed E-state index contributed by atoms with van der Waals surface area (Å²) in [5, 5.41) is 6.77. The zero-order valence-corrected chi connectivity index (χ0v) is 15.1. The van der Waals surface area contributed by atoms with Crippen LogP contribution in [-0.2, 0) is 4.79 Å². The van der Waals surface area contributed by atoms with E-state index in [1.54, 1.807) is 41.3 Å². The quantitative estimate of drug-likeness (QED) is 0.840. The predicted octanol–water partition coefficient (Wildman–Crippen LogP) is 4.23. The molecule has 5 nitrogen and oxygen atoms in total. The first-order chi connectivity index (χ1) is 11.9. The van der Waals surface area contributed by atoms with Crippen LogP contribution in [0, 0.1) is 6.92 Å². The smallest absolute Gasteiger partial charge is 0.319 e. The zero-order chi connectivity index (χ0) is 18.0. The van der Waals surface area contributed by atoms with E-state index >= 15 is 0 Å². The highest BCUT2D eigenvalue weighted by Gasteiger charge is 2.31. The van der Waals surface area contributed by atoms with Crippen molar-refractivity contribution < 1.29 is 9.59 Å². The molecule has 2 aromatic rings. The minimum atomic E-state index is -0.360. The Kier molecular flexibility index (Phi) is 5.16. The minimum Gasteiger partial charge on any atom is -0.333 e. The molecule has 1 atom stereocenters. The van der Waals surface area contributed by atoms with Crippen molar-refractivity contribution in [1.82, 2.24) is 5.32 Å². The van der Waals surface area contributed by atoms with E-state index in [2.05, 4.69) is 10.6 Å². The fourth-order valence-corrected chi connectivity index (χ4v) is 3.05. The molecular weight excluding hydrogens is 361 g/mol. The van der Waals surface area contributed by atoms with Gasteiger partial charge in [-0.1, -0.05) is 29.3 Å². The normalized spacial score (nSPS) is 16.8. The van der Waals surface area contributed by atoms with Crippen molar-refractivity contribution in [2.24, 2.45) is 0 Å². The molecule has 0 saturated carbocycles. The first kappa shape index (κ1) is 17.6. The Labute approximate surface area is 155 Å². The van der Waals surface area contributed by atoms with E-state index in [0.29, 0.717) is 22.3 Å². The fourth-order valence-electron chi connectivity index (χ4n) is 2.75. The summed E-state index contributed by atoms with van der Waals surface area (Å²) in [6, 6.07) is 11.7. The summed E-state index contributed by atoms with van der Waals surface area (Å²) in [5.41, 5.74) is 2.32. The van der Waals surface area contributed by atoms with Gasteiger partial charge in [-0.05, 0) is 48.9 Å². The highest BCUT2D eigenvalue weighted by Crippen LogP contribution is 2.24. The monoisotopic (exact) mass is 377 g/mol. The van der Waals surface area contributed by atoms with Crippen molar-refractivity contribution in [3.8, 4) is 0 Å². The summed E-state index contributed by atoms with van der Waals surface area (Å²) in [7, 11) is 0. The molecule has 0 radical (unpaired) electrons. The number of nitrogens with zero attached hydrogens (tertiary/aromatic N) is 1. The largest absolute Gasteiger partial charge is 0.333 e. The molecule has 1 heterocycles. The van der Waals surface area contributed by atoms with Gasteiger partial charge in [0.15, 0.2) is 0 Å². The molecule has 1 fully saturated rings. The maximum atomic E-state index is 12.2. The van der Waals surface area contributed by atoms with Crippen LogP contribution in [0.4, 0.5) is 16.2 Å². The summed E-state index contributed by atoms with van der Waals surface area (Å²) >= 11 is 11.8. The van der Waals surface area contributed by atoms with Crippen molar-refractivity contribution in [3.05, 3.63) is 58.1 Å². The van der Waals surface area contributed by atoms with Crippen molar-refractivity contribution in [2.75, 3.05) is 16.8 Å². The minimum absolute atomic E-state index is 0.0356. The number of hydrogen-bond acceptors (Lipinski definition) is 2. The van der Waals surface area contributed by atoms with Crippen LogP contribution < -0.4 is 15.5 Å². The van der Waals surface area contributed by atoms with Crippen LogP contribution in [0.1, 0.15) is 12.0 Å². The molecule has 0 aromatic heterocycles. The van der Waals surface area contributed by atoms with Gasteiger partial charge in [-0.15, -0.1) is 0 Å². The van der Waals surface area contributed by atoms with Gasteiger partial charge in [0.1, 0.15) is 0 Å². The van der Waals surface area contributed by atoms with Crippen LogP contribution in [0.2, 0.25) is 10.0 Å². The molecule has 7 heteroatoms. The highest BCUT2D eigenvalue weighted by atomic mass is 35.5. The van der Waals surface area contributed by atoms with Crippen LogP contribution in [-0.4, -0.2) is 24.5 Å². The van der Waals surface area contributed by atoms with Gasteiger partial charge in [0, 0.05) is 34.4 Å². The maximum Gasteiger partial charge on any atom is 0.319 e. The lowest BCUT2D eigenvalue weighted by atomic mass is 10.2. The van der Waals surface area contributed by atoms with Gasteiger partial charge in [0.2, 0.25) is 5.91 Å². The van der Waals surface area contributed by atoms with E-state index in [1.807, 2.05) is 13.0 Å². The Bertz CT molecular complexity index is 808. The number of hydrogen-bond donors (Lipinski definition) is 2. The molecule has 130 valence electrons. The fraction of sp³-hybridized carbons (Fsp3) is 0.222. The Hall–Kier alpha value is -2.24. The van der Waals surface area contributed by atoms with E-state index in [1.165, 1.54) is 0 Å². The summed E-state index contributed by atoms with van der Waals surface area (Å²) in [4.78, 5) is 26.1. The number of carbonyl (C=O) groups is 2. The summed E-state index contributed by atoms with van der Waals surface area (Å²) < 4.78 is 0. The molecule has 1 saturated heterocycles. The second-order valence-electron chi connectivity index (χ2n) is 5.94. The van der Waals surface area contributed by atoms with Crippen molar-refractivity contribution in [2.45, 2.75) is 19.4 Å². The molecule has 3 rings (SSSR count). The van der Waals surface area contributed by atoms with Gasteiger partial charge in [-0.2, -0.15) is 0 Å². The second kappa shape index (κ2) is 7.33. The molecule has 1 aliphatic heterocycles. The van der Waals surface area contributed by atoms with E-state index in [4.69, 9.17) is 23.2 Å². The third-order valence-corrected chi connectivity index (χ3v) is 4.53. The summed E-state index contributed by atoms with van der Waals surface area (Å²) in [6.07, 6.45) is 0.255. The molecule has 1 aliphatic rings. The Morgan fingerprint density at radius 1 is 1.12 bits per heavy atom. The van der Waals surface area contributed by atoms with Crippen molar-refractivity contribution in [3.63, 3.8) is 0 Å². The van der Waals surface area contributed by atoms with Gasteiger partial charge in [-0.25, -0.2) is 4.79 Å². The number of amides is 3. The first-order valence-corrected chi connectivity index (χ1v) is 8.57. The van der Waals surface area contributed by atoms with E-state index < -0.39 is 0 Å². The van der Waals surface area contributed by atoms with Crippen molar-refractivity contribution >= 4 is 46.5 Å². The van der Waals surface area contributed by atoms with Crippen molar-refractivity contribution in [1.29, 1.82) is 0 Å². The van der Waals surface area contributed by atoms with Crippen LogP contribution in [0.5, 0.6) is 0 Å². The van der Waals surface area contributed by atoms with Crippen LogP contribution in [0.15, 0.2) is 42.5 Å². The molecule has 0 aliphatic carbocycles. The molecule has 2 aromatic carbocycles. The number of carbonyl (C=O) groups excluding carboxylic acids is 2. The average Bonchev–Trinajstić information content (AvgIpc) is 2.92. The van der Waals surface area contributed by atoms with E-state index in [9.17, 15) is 9.59 Å². The number of nitrogens with one attached hydrogen (secondary N) is 2. The number of urea groups is 1. The van der Waals surface area contributed by atoms with Gasteiger partial charge in [-0.3, -0.25) is 4.79 Å².